The number of anilines is 1. The lowest BCUT2D eigenvalue weighted by molar-refractivity contribution is 0.415. The maximum atomic E-state index is 11.4. The molecule has 0 aliphatic rings. The summed E-state index contributed by atoms with van der Waals surface area (Å²) < 4.78 is 31.4. The monoisotopic (exact) mass is 230 g/mol. The zero-order valence-corrected chi connectivity index (χ0v) is 9.71. The minimum Gasteiger partial charge on any atom is -0.497 e. The van der Waals surface area contributed by atoms with Gasteiger partial charge in [-0.3, -0.25) is 4.72 Å². The Kier molecular flexibility index (Phi) is 3.54. The van der Waals surface area contributed by atoms with Gasteiger partial charge in [-0.1, -0.05) is 0 Å². The first-order valence-electron chi connectivity index (χ1n) is 4.30. The molecule has 1 aromatic rings. The number of nitrogens with zero attached hydrogens (tertiary/aromatic N) is 1. The van der Waals surface area contributed by atoms with E-state index in [2.05, 4.69) is 4.72 Å². The van der Waals surface area contributed by atoms with Crippen molar-refractivity contribution >= 4 is 15.9 Å². The van der Waals surface area contributed by atoms with Crippen molar-refractivity contribution in [1.82, 2.24) is 4.31 Å². The normalized spacial score (nSPS) is 11.5. The van der Waals surface area contributed by atoms with Crippen LogP contribution in [0.4, 0.5) is 5.69 Å². The smallest absolute Gasteiger partial charge is 0.301 e. The van der Waals surface area contributed by atoms with Gasteiger partial charge in [0, 0.05) is 14.1 Å². The van der Waals surface area contributed by atoms with Crippen LogP contribution < -0.4 is 9.46 Å². The highest BCUT2D eigenvalue weighted by Crippen LogP contribution is 2.16. The van der Waals surface area contributed by atoms with Crippen molar-refractivity contribution < 1.29 is 13.2 Å². The first kappa shape index (κ1) is 11.8. The molecule has 0 aliphatic carbocycles. The Morgan fingerprint density at radius 2 is 1.73 bits per heavy atom. The Balaban J connectivity index is 2.82. The summed E-state index contributed by atoms with van der Waals surface area (Å²) in [6, 6.07) is 6.65. The quantitative estimate of drug-likeness (QED) is 0.836. The topological polar surface area (TPSA) is 58.6 Å². The third-order valence-electron chi connectivity index (χ3n) is 1.82. The van der Waals surface area contributed by atoms with Crippen LogP contribution in [0.25, 0.3) is 0 Å². The number of nitrogens with one attached hydrogen (secondary N) is 1. The molecule has 0 amide bonds. The van der Waals surface area contributed by atoms with Crippen molar-refractivity contribution in [2.24, 2.45) is 0 Å². The molecule has 1 aromatic carbocycles. The maximum Gasteiger partial charge on any atom is 0.301 e. The van der Waals surface area contributed by atoms with Gasteiger partial charge in [-0.2, -0.15) is 12.7 Å². The highest BCUT2D eigenvalue weighted by atomic mass is 32.2. The molecule has 6 heteroatoms. The third-order valence-corrected chi connectivity index (χ3v) is 3.27. The number of hydrogen-bond donors (Lipinski definition) is 1. The molecule has 0 saturated carbocycles. The van der Waals surface area contributed by atoms with Gasteiger partial charge < -0.3 is 4.74 Å². The van der Waals surface area contributed by atoms with Crippen molar-refractivity contribution in [2.45, 2.75) is 0 Å². The molecule has 1 N–H and O–H groups in total. The Morgan fingerprint density at radius 1 is 1.20 bits per heavy atom. The molecule has 0 saturated heterocycles. The SMILES string of the molecule is COc1ccc(NS(=O)(=O)N(C)C)cc1. The van der Waals surface area contributed by atoms with Crippen LogP contribution in [0, 0.1) is 0 Å². The fourth-order valence-electron chi connectivity index (χ4n) is 0.899. The van der Waals surface area contributed by atoms with Crippen LogP contribution >= 0.6 is 0 Å². The second kappa shape index (κ2) is 4.50. The fraction of sp³-hybridized carbons (Fsp3) is 0.333. The lowest BCUT2D eigenvalue weighted by atomic mass is 10.3. The number of hydrogen-bond acceptors (Lipinski definition) is 3. The second-order valence-electron chi connectivity index (χ2n) is 3.12. The van der Waals surface area contributed by atoms with Crippen LogP contribution in [0.1, 0.15) is 0 Å². The summed E-state index contributed by atoms with van der Waals surface area (Å²) in [7, 11) is 1.05. The highest BCUT2D eigenvalue weighted by molar-refractivity contribution is 7.90. The van der Waals surface area contributed by atoms with Gasteiger partial charge in [0.1, 0.15) is 5.75 Å². The summed E-state index contributed by atoms with van der Waals surface area (Å²) >= 11 is 0. The predicted molar refractivity (Wildman–Crippen MR) is 59.2 cm³/mol. The Labute approximate surface area is 89.8 Å². The van der Waals surface area contributed by atoms with Gasteiger partial charge in [0.05, 0.1) is 12.8 Å². The summed E-state index contributed by atoms with van der Waals surface area (Å²) in [5.74, 6) is 0.683. The molecule has 0 heterocycles. The molecule has 5 nitrogen and oxygen atoms in total. The molecule has 0 fully saturated rings. The minimum absolute atomic E-state index is 0.504. The van der Waals surface area contributed by atoms with Crippen molar-refractivity contribution in [3.05, 3.63) is 24.3 Å². The summed E-state index contributed by atoms with van der Waals surface area (Å²) in [6.07, 6.45) is 0. The molecule has 15 heavy (non-hydrogen) atoms. The van der Waals surface area contributed by atoms with E-state index in [9.17, 15) is 8.42 Å². The van der Waals surface area contributed by atoms with E-state index in [1.807, 2.05) is 0 Å². The van der Waals surface area contributed by atoms with Crippen molar-refractivity contribution in [3.8, 4) is 5.75 Å². The van der Waals surface area contributed by atoms with E-state index in [0.717, 1.165) is 4.31 Å². The summed E-state index contributed by atoms with van der Waals surface area (Å²) in [4.78, 5) is 0. The molecule has 0 spiro atoms. The third kappa shape index (κ3) is 3.10. The van der Waals surface area contributed by atoms with Crippen molar-refractivity contribution in [3.63, 3.8) is 0 Å². The van der Waals surface area contributed by atoms with E-state index in [1.165, 1.54) is 14.1 Å². The van der Waals surface area contributed by atoms with Gasteiger partial charge >= 0.3 is 10.2 Å². The average Bonchev–Trinajstić information content (AvgIpc) is 2.18. The van der Waals surface area contributed by atoms with E-state index < -0.39 is 10.2 Å². The van der Waals surface area contributed by atoms with E-state index >= 15 is 0 Å². The van der Waals surface area contributed by atoms with Crippen LogP contribution in [0.2, 0.25) is 0 Å². The van der Waals surface area contributed by atoms with E-state index in [0.29, 0.717) is 11.4 Å². The zero-order valence-electron chi connectivity index (χ0n) is 8.89. The van der Waals surface area contributed by atoms with Gasteiger partial charge in [-0.05, 0) is 24.3 Å². The number of rotatable bonds is 4. The molecule has 0 aliphatic heterocycles. The number of methoxy groups -OCH3 is 1. The molecule has 0 bridgehead atoms. The van der Waals surface area contributed by atoms with E-state index in [1.54, 1.807) is 31.4 Å². The van der Waals surface area contributed by atoms with Crippen LogP contribution in [0.3, 0.4) is 0 Å². The number of benzene rings is 1. The van der Waals surface area contributed by atoms with Crippen LogP contribution in [0.5, 0.6) is 5.75 Å². The van der Waals surface area contributed by atoms with Crippen LogP contribution in [0.15, 0.2) is 24.3 Å². The van der Waals surface area contributed by atoms with E-state index in [4.69, 9.17) is 4.74 Å². The molecule has 84 valence electrons. The Morgan fingerprint density at radius 3 is 2.13 bits per heavy atom. The Hall–Kier alpha value is -1.27. The number of ether oxygens (including phenoxy) is 1. The molecular formula is C9H14N2O3S. The van der Waals surface area contributed by atoms with Gasteiger partial charge in [0.2, 0.25) is 0 Å². The lowest BCUT2D eigenvalue weighted by Crippen LogP contribution is -2.28. The van der Waals surface area contributed by atoms with E-state index in [-0.39, 0.29) is 0 Å². The van der Waals surface area contributed by atoms with Crippen LogP contribution in [-0.4, -0.2) is 33.9 Å². The summed E-state index contributed by atoms with van der Waals surface area (Å²) in [5, 5.41) is 0. The predicted octanol–water partition coefficient (Wildman–Crippen LogP) is 0.913. The Bertz CT molecular complexity index is 411. The first-order chi connectivity index (χ1) is 6.95. The van der Waals surface area contributed by atoms with Gasteiger partial charge in [-0.15, -0.1) is 0 Å². The summed E-state index contributed by atoms with van der Waals surface area (Å²) in [6.45, 7) is 0. The minimum atomic E-state index is -3.43. The molecular weight excluding hydrogens is 216 g/mol. The average molecular weight is 230 g/mol. The maximum absolute atomic E-state index is 11.4. The molecule has 0 atom stereocenters. The molecule has 0 aromatic heterocycles. The molecule has 0 radical (unpaired) electrons. The lowest BCUT2D eigenvalue weighted by Gasteiger charge is -2.13. The van der Waals surface area contributed by atoms with Crippen LogP contribution in [-0.2, 0) is 10.2 Å². The van der Waals surface area contributed by atoms with Crippen molar-refractivity contribution in [1.29, 1.82) is 0 Å². The van der Waals surface area contributed by atoms with Gasteiger partial charge in [0.25, 0.3) is 0 Å². The zero-order chi connectivity index (χ0) is 11.5. The summed E-state index contributed by atoms with van der Waals surface area (Å²) in [5.41, 5.74) is 0.504. The van der Waals surface area contributed by atoms with Gasteiger partial charge in [0.15, 0.2) is 0 Å². The first-order valence-corrected chi connectivity index (χ1v) is 5.74. The van der Waals surface area contributed by atoms with Gasteiger partial charge in [-0.25, -0.2) is 0 Å². The standard InChI is InChI=1S/C9H14N2O3S/c1-11(2)15(12,13)10-8-4-6-9(14-3)7-5-8/h4-7,10H,1-3H3. The van der Waals surface area contributed by atoms with Crippen molar-refractivity contribution in [2.75, 3.05) is 25.9 Å². The molecule has 0 unspecified atom stereocenters. The second-order valence-corrected chi connectivity index (χ2v) is 5.00. The highest BCUT2D eigenvalue weighted by Gasteiger charge is 2.12. The molecule has 1 rings (SSSR count). The fourth-order valence-corrected chi connectivity index (χ4v) is 1.52. The largest absolute Gasteiger partial charge is 0.497 e.